The number of aromatic nitrogens is 1. The lowest BCUT2D eigenvalue weighted by Gasteiger charge is -2.13. The summed E-state index contributed by atoms with van der Waals surface area (Å²) in [5.74, 6) is -0.0414. The standard InChI is InChI=1S/C10H13N3O2S/c1-4-16(14,15)10-5-8(13(2)3)7-12-9(10)6-11/h5,7H,4H2,1-3H3. The highest BCUT2D eigenvalue weighted by atomic mass is 32.2. The van der Waals surface area contributed by atoms with E-state index in [1.165, 1.54) is 12.3 Å². The SMILES string of the molecule is CCS(=O)(=O)c1cc(N(C)C)cnc1C#N. The second kappa shape index (κ2) is 4.49. The van der Waals surface area contributed by atoms with Crippen LogP contribution in [0.25, 0.3) is 0 Å². The van der Waals surface area contributed by atoms with Gasteiger partial charge in [0, 0.05) is 14.1 Å². The fourth-order valence-electron chi connectivity index (χ4n) is 1.16. The van der Waals surface area contributed by atoms with E-state index in [-0.39, 0.29) is 16.3 Å². The Labute approximate surface area is 95.3 Å². The zero-order chi connectivity index (χ0) is 12.3. The van der Waals surface area contributed by atoms with Gasteiger partial charge in [-0.05, 0) is 6.07 Å². The fourth-order valence-corrected chi connectivity index (χ4v) is 2.16. The van der Waals surface area contributed by atoms with Crippen molar-refractivity contribution in [2.75, 3.05) is 24.7 Å². The van der Waals surface area contributed by atoms with Gasteiger partial charge in [0.15, 0.2) is 15.5 Å². The van der Waals surface area contributed by atoms with Gasteiger partial charge in [0.1, 0.15) is 11.0 Å². The lowest BCUT2D eigenvalue weighted by molar-refractivity contribution is 0.596. The number of hydrogen-bond acceptors (Lipinski definition) is 5. The summed E-state index contributed by atoms with van der Waals surface area (Å²) >= 11 is 0. The Morgan fingerprint density at radius 2 is 2.12 bits per heavy atom. The van der Waals surface area contributed by atoms with Crippen LogP contribution in [0.15, 0.2) is 17.2 Å². The lowest BCUT2D eigenvalue weighted by atomic mass is 10.3. The molecule has 0 spiro atoms. The minimum Gasteiger partial charge on any atom is -0.376 e. The molecule has 86 valence electrons. The van der Waals surface area contributed by atoms with E-state index in [4.69, 9.17) is 5.26 Å². The Hall–Kier alpha value is -1.61. The van der Waals surface area contributed by atoms with Crippen molar-refractivity contribution in [3.8, 4) is 6.07 Å². The molecule has 0 aromatic carbocycles. The van der Waals surface area contributed by atoms with Crippen molar-refractivity contribution < 1.29 is 8.42 Å². The largest absolute Gasteiger partial charge is 0.376 e. The van der Waals surface area contributed by atoms with E-state index in [0.717, 1.165) is 0 Å². The molecule has 0 unspecified atom stereocenters. The van der Waals surface area contributed by atoms with Gasteiger partial charge in [0.05, 0.1) is 17.6 Å². The molecule has 0 atom stereocenters. The van der Waals surface area contributed by atoms with Gasteiger partial charge < -0.3 is 4.90 Å². The summed E-state index contributed by atoms with van der Waals surface area (Å²) in [6.07, 6.45) is 1.48. The van der Waals surface area contributed by atoms with Gasteiger partial charge in [0.25, 0.3) is 0 Å². The zero-order valence-corrected chi connectivity index (χ0v) is 10.2. The van der Waals surface area contributed by atoms with Gasteiger partial charge in [-0.25, -0.2) is 13.4 Å². The van der Waals surface area contributed by atoms with Crippen LogP contribution >= 0.6 is 0 Å². The average Bonchev–Trinajstić information content (AvgIpc) is 2.28. The number of nitriles is 1. The molecule has 0 radical (unpaired) electrons. The first-order valence-corrected chi connectivity index (χ1v) is 6.37. The Morgan fingerprint density at radius 1 is 1.50 bits per heavy atom. The highest BCUT2D eigenvalue weighted by Crippen LogP contribution is 2.20. The van der Waals surface area contributed by atoms with E-state index >= 15 is 0 Å². The van der Waals surface area contributed by atoms with Gasteiger partial charge in [-0.3, -0.25) is 0 Å². The molecule has 6 heteroatoms. The summed E-state index contributed by atoms with van der Waals surface area (Å²) in [5.41, 5.74) is 0.610. The summed E-state index contributed by atoms with van der Waals surface area (Å²) in [6, 6.07) is 3.27. The lowest BCUT2D eigenvalue weighted by Crippen LogP contribution is -2.13. The van der Waals surface area contributed by atoms with Gasteiger partial charge in [-0.2, -0.15) is 5.26 Å². The molecule has 1 aromatic heterocycles. The second-order valence-electron chi connectivity index (χ2n) is 3.45. The molecular weight excluding hydrogens is 226 g/mol. The van der Waals surface area contributed by atoms with E-state index in [0.29, 0.717) is 5.69 Å². The van der Waals surface area contributed by atoms with Crippen molar-refractivity contribution in [3.63, 3.8) is 0 Å². The molecule has 1 heterocycles. The van der Waals surface area contributed by atoms with Crippen molar-refractivity contribution in [3.05, 3.63) is 18.0 Å². The molecule has 0 N–H and O–H groups in total. The van der Waals surface area contributed by atoms with E-state index in [9.17, 15) is 8.42 Å². The van der Waals surface area contributed by atoms with E-state index < -0.39 is 9.84 Å². The van der Waals surface area contributed by atoms with Crippen LogP contribution in [0.5, 0.6) is 0 Å². The van der Waals surface area contributed by atoms with Crippen molar-refractivity contribution in [2.24, 2.45) is 0 Å². The van der Waals surface area contributed by atoms with Gasteiger partial charge >= 0.3 is 0 Å². The summed E-state index contributed by atoms with van der Waals surface area (Å²) < 4.78 is 23.5. The zero-order valence-electron chi connectivity index (χ0n) is 9.43. The maximum absolute atomic E-state index is 11.7. The van der Waals surface area contributed by atoms with E-state index in [1.807, 2.05) is 0 Å². The Bertz CT molecular complexity index is 529. The molecule has 0 aliphatic carbocycles. The third-order valence-corrected chi connectivity index (χ3v) is 3.92. The third kappa shape index (κ3) is 2.31. The molecule has 0 aliphatic heterocycles. The van der Waals surface area contributed by atoms with Crippen LogP contribution in [0.2, 0.25) is 0 Å². The number of sulfone groups is 1. The van der Waals surface area contributed by atoms with Crippen LogP contribution in [-0.4, -0.2) is 33.2 Å². The molecule has 0 amide bonds. The third-order valence-electron chi connectivity index (χ3n) is 2.18. The predicted molar refractivity (Wildman–Crippen MR) is 61.0 cm³/mol. The van der Waals surface area contributed by atoms with Crippen LogP contribution < -0.4 is 4.90 Å². The van der Waals surface area contributed by atoms with Crippen molar-refractivity contribution in [1.29, 1.82) is 5.26 Å². The molecule has 0 fully saturated rings. The smallest absolute Gasteiger partial charge is 0.181 e. The summed E-state index contributed by atoms with van der Waals surface area (Å²) in [4.78, 5) is 5.59. The highest BCUT2D eigenvalue weighted by Gasteiger charge is 2.18. The molecule has 0 bridgehead atoms. The van der Waals surface area contributed by atoms with Crippen molar-refractivity contribution in [1.82, 2.24) is 4.98 Å². The minimum atomic E-state index is -3.41. The number of nitrogens with zero attached hydrogens (tertiary/aromatic N) is 3. The first kappa shape index (κ1) is 12.5. The first-order chi connectivity index (χ1) is 7.42. The average molecular weight is 239 g/mol. The number of hydrogen-bond donors (Lipinski definition) is 0. The van der Waals surface area contributed by atoms with Crippen LogP contribution in [-0.2, 0) is 9.84 Å². The van der Waals surface area contributed by atoms with Crippen LogP contribution in [0, 0.1) is 11.3 Å². The molecule has 1 rings (SSSR count). The molecule has 0 saturated heterocycles. The molecule has 16 heavy (non-hydrogen) atoms. The number of rotatable bonds is 3. The first-order valence-electron chi connectivity index (χ1n) is 4.72. The van der Waals surface area contributed by atoms with Gasteiger partial charge in [-0.15, -0.1) is 0 Å². The van der Waals surface area contributed by atoms with Crippen LogP contribution in [0.4, 0.5) is 5.69 Å². The maximum Gasteiger partial charge on any atom is 0.181 e. The van der Waals surface area contributed by atoms with E-state index in [1.54, 1.807) is 32.0 Å². The molecule has 0 aliphatic rings. The molecule has 5 nitrogen and oxygen atoms in total. The summed E-state index contributed by atoms with van der Waals surface area (Å²) in [6.45, 7) is 1.54. The number of anilines is 1. The summed E-state index contributed by atoms with van der Waals surface area (Å²) in [5, 5.41) is 8.82. The normalized spacial score (nSPS) is 10.9. The second-order valence-corrected chi connectivity index (χ2v) is 5.70. The number of pyridine rings is 1. The quantitative estimate of drug-likeness (QED) is 0.780. The van der Waals surface area contributed by atoms with E-state index in [2.05, 4.69) is 4.98 Å². The Balaban J connectivity index is 3.47. The topological polar surface area (TPSA) is 74.1 Å². The van der Waals surface area contributed by atoms with Gasteiger partial charge in [-0.1, -0.05) is 6.92 Å². The Morgan fingerprint density at radius 3 is 2.56 bits per heavy atom. The van der Waals surface area contributed by atoms with Crippen LogP contribution in [0.1, 0.15) is 12.6 Å². The van der Waals surface area contributed by atoms with Crippen molar-refractivity contribution >= 4 is 15.5 Å². The van der Waals surface area contributed by atoms with Crippen molar-refractivity contribution in [2.45, 2.75) is 11.8 Å². The highest BCUT2D eigenvalue weighted by molar-refractivity contribution is 7.91. The van der Waals surface area contributed by atoms with Crippen LogP contribution in [0.3, 0.4) is 0 Å². The fraction of sp³-hybridized carbons (Fsp3) is 0.400. The summed E-state index contributed by atoms with van der Waals surface area (Å²) in [7, 11) is 0.158. The Kier molecular flexibility index (Phi) is 3.50. The predicted octanol–water partition coefficient (Wildman–Crippen LogP) is 0.813. The van der Waals surface area contributed by atoms with Gasteiger partial charge in [0.2, 0.25) is 0 Å². The molecular formula is C10H13N3O2S. The minimum absolute atomic E-state index is 0.00343. The monoisotopic (exact) mass is 239 g/mol. The molecule has 1 aromatic rings. The maximum atomic E-state index is 11.7. The molecule has 0 saturated carbocycles.